The van der Waals surface area contributed by atoms with E-state index in [4.69, 9.17) is 19.6 Å². The Bertz CT molecular complexity index is 319. The van der Waals surface area contributed by atoms with E-state index in [1.54, 1.807) is 0 Å². The van der Waals surface area contributed by atoms with Crippen LogP contribution < -0.4 is 0 Å². The van der Waals surface area contributed by atoms with E-state index in [-0.39, 0.29) is 11.8 Å². The van der Waals surface area contributed by atoms with Crippen molar-refractivity contribution in [3.63, 3.8) is 0 Å². The van der Waals surface area contributed by atoms with Crippen LogP contribution in [-0.4, -0.2) is 18.2 Å². The van der Waals surface area contributed by atoms with Gasteiger partial charge >= 0.3 is 11.9 Å². The lowest BCUT2D eigenvalue weighted by molar-refractivity contribution is -0.433. The standard InChI is InChI=1S/C18H34O6/c1-7-14(8-2)17(19)23-21-16(12-11-13(5)6)22-24-18(20)15(9-3)10-4/h13-16H,7-12H2,1-6H3. The summed E-state index contributed by atoms with van der Waals surface area (Å²) in [5, 5.41) is 0. The number of rotatable bonds is 13. The fourth-order valence-electron chi connectivity index (χ4n) is 2.16. The molecule has 0 saturated heterocycles. The van der Waals surface area contributed by atoms with E-state index in [1.165, 1.54) is 0 Å². The highest BCUT2D eigenvalue weighted by Crippen LogP contribution is 2.16. The summed E-state index contributed by atoms with van der Waals surface area (Å²) in [6.45, 7) is 11.8. The highest BCUT2D eigenvalue weighted by Gasteiger charge is 2.24. The minimum Gasteiger partial charge on any atom is -0.295 e. The summed E-state index contributed by atoms with van der Waals surface area (Å²) >= 11 is 0. The molecule has 0 spiro atoms. The average molecular weight is 346 g/mol. The molecular formula is C18H34O6. The fraction of sp³-hybridized carbons (Fsp3) is 0.889. The number of carbonyl (C=O) groups is 2. The molecule has 6 heteroatoms. The highest BCUT2D eigenvalue weighted by molar-refractivity contribution is 5.72. The second-order valence-corrected chi connectivity index (χ2v) is 6.42. The van der Waals surface area contributed by atoms with Gasteiger partial charge in [-0.2, -0.15) is 0 Å². The molecule has 0 aromatic carbocycles. The SMILES string of the molecule is CCC(CC)C(=O)OOC(CCC(C)C)OOC(=O)C(CC)CC. The molecule has 0 N–H and O–H groups in total. The van der Waals surface area contributed by atoms with Crippen molar-refractivity contribution in [2.45, 2.75) is 86.4 Å². The average Bonchev–Trinajstić information content (AvgIpc) is 2.56. The maximum Gasteiger partial charge on any atom is 0.345 e. The Hall–Kier alpha value is -1.14. The van der Waals surface area contributed by atoms with Gasteiger partial charge < -0.3 is 0 Å². The van der Waals surface area contributed by atoms with E-state index < -0.39 is 18.2 Å². The first-order valence-electron chi connectivity index (χ1n) is 9.13. The minimum atomic E-state index is -0.913. The first-order chi connectivity index (χ1) is 11.4. The molecule has 0 aliphatic rings. The van der Waals surface area contributed by atoms with Gasteiger partial charge in [0, 0.05) is 6.42 Å². The molecule has 0 aromatic heterocycles. The van der Waals surface area contributed by atoms with Crippen LogP contribution in [0, 0.1) is 17.8 Å². The molecular weight excluding hydrogens is 312 g/mol. The van der Waals surface area contributed by atoms with Crippen molar-refractivity contribution in [2.24, 2.45) is 17.8 Å². The summed E-state index contributed by atoms with van der Waals surface area (Å²) < 4.78 is 0. The Balaban J connectivity index is 4.52. The van der Waals surface area contributed by atoms with Crippen molar-refractivity contribution in [1.29, 1.82) is 0 Å². The third-order valence-corrected chi connectivity index (χ3v) is 4.09. The minimum absolute atomic E-state index is 0.206. The maximum absolute atomic E-state index is 11.9. The van der Waals surface area contributed by atoms with E-state index in [0.717, 1.165) is 6.42 Å². The summed E-state index contributed by atoms with van der Waals surface area (Å²) in [4.78, 5) is 43.7. The Kier molecular flexibility index (Phi) is 12.6. The molecule has 0 atom stereocenters. The molecule has 0 fully saturated rings. The lowest BCUT2D eigenvalue weighted by Crippen LogP contribution is -2.26. The third-order valence-electron chi connectivity index (χ3n) is 4.09. The molecule has 0 unspecified atom stereocenters. The van der Waals surface area contributed by atoms with Gasteiger partial charge in [0.25, 0.3) is 0 Å². The van der Waals surface area contributed by atoms with Crippen molar-refractivity contribution in [3.05, 3.63) is 0 Å². The van der Waals surface area contributed by atoms with Crippen LogP contribution in [-0.2, 0) is 29.1 Å². The maximum atomic E-state index is 11.9. The van der Waals surface area contributed by atoms with Crippen molar-refractivity contribution < 1.29 is 29.1 Å². The Morgan fingerprint density at radius 2 is 1.08 bits per heavy atom. The zero-order valence-corrected chi connectivity index (χ0v) is 16.0. The molecule has 24 heavy (non-hydrogen) atoms. The smallest absolute Gasteiger partial charge is 0.295 e. The van der Waals surface area contributed by atoms with Crippen molar-refractivity contribution in [3.8, 4) is 0 Å². The van der Waals surface area contributed by atoms with Crippen LogP contribution in [0.3, 0.4) is 0 Å². The third kappa shape index (κ3) is 9.23. The largest absolute Gasteiger partial charge is 0.345 e. The van der Waals surface area contributed by atoms with Gasteiger partial charge in [-0.05, 0) is 38.0 Å². The monoisotopic (exact) mass is 346 g/mol. The summed E-state index contributed by atoms with van der Waals surface area (Å²) in [5.41, 5.74) is 0. The van der Waals surface area contributed by atoms with Crippen LogP contribution in [0.15, 0.2) is 0 Å². The lowest BCUT2D eigenvalue weighted by Gasteiger charge is -2.18. The first-order valence-corrected chi connectivity index (χ1v) is 9.13. The molecule has 0 bridgehead atoms. The molecule has 0 rings (SSSR count). The predicted molar refractivity (Wildman–Crippen MR) is 90.4 cm³/mol. The molecule has 0 aliphatic carbocycles. The van der Waals surface area contributed by atoms with Gasteiger partial charge in [-0.15, -0.1) is 9.78 Å². The van der Waals surface area contributed by atoms with E-state index in [1.807, 2.05) is 27.7 Å². The molecule has 142 valence electrons. The molecule has 0 aliphatic heterocycles. The summed E-state index contributed by atoms with van der Waals surface area (Å²) in [5.74, 6) is -0.844. The van der Waals surface area contributed by atoms with Gasteiger partial charge in [0.2, 0.25) is 6.29 Å². The van der Waals surface area contributed by atoms with Gasteiger partial charge in [-0.3, -0.25) is 9.78 Å². The van der Waals surface area contributed by atoms with Crippen molar-refractivity contribution >= 4 is 11.9 Å². The molecule has 0 heterocycles. The van der Waals surface area contributed by atoms with Crippen LogP contribution in [0.5, 0.6) is 0 Å². The van der Waals surface area contributed by atoms with Crippen LogP contribution in [0.25, 0.3) is 0 Å². The topological polar surface area (TPSA) is 71.1 Å². The summed E-state index contributed by atoms with van der Waals surface area (Å²) in [7, 11) is 0. The highest BCUT2D eigenvalue weighted by atomic mass is 17.3. The number of hydrogen-bond acceptors (Lipinski definition) is 6. The summed E-state index contributed by atoms with van der Waals surface area (Å²) in [6.07, 6.45) is 3.06. The molecule has 6 nitrogen and oxygen atoms in total. The van der Waals surface area contributed by atoms with Gasteiger partial charge in [-0.1, -0.05) is 41.5 Å². The zero-order chi connectivity index (χ0) is 18.5. The Labute approximate surface area is 146 Å². The molecule has 0 amide bonds. The Morgan fingerprint density at radius 1 is 0.708 bits per heavy atom. The van der Waals surface area contributed by atoms with Gasteiger partial charge in [0.05, 0.1) is 11.8 Å². The lowest BCUT2D eigenvalue weighted by atomic mass is 10.0. The van der Waals surface area contributed by atoms with E-state index in [2.05, 4.69) is 13.8 Å². The van der Waals surface area contributed by atoms with Crippen LogP contribution in [0.4, 0.5) is 0 Å². The second kappa shape index (κ2) is 13.2. The van der Waals surface area contributed by atoms with Crippen molar-refractivity contribution in [1.82, 2.24) is 0 Å². The van der Waals surface area contributed by atoms with Gasteiger partial charge in [0.15, 0.2) is 0 Å². The second-order valence-electron chi connectivity index (χ2n) is 6.42. The van der Waals surface area contributed by atoms with Crippen LogP contribution in [0.2, 0.25) is 0 Å². The van der Waals surface area contributed by atoms with Crippen LogP contribution >= 0.6 is 0 Å². The van der Waals surface area contributed by atoms with E-state index >= 15 is 0 Å². The molecule has 0 saturated carbocycles. The van der Waals surface area contributed by atoms with Gasteiger partial charge in [-0.25, -0.2) is 9.59 Å². The predicted octanol–water partition coefficient (Wildman–Crippen LogP) is 4.57. The summed E-state index contributed by atoms with van der Waals surface area (Å²) in [6, 6.07) is 0. The number of hydrogen-bond donors (Lipinski definition) is 0. The number of carbonyl (C=O) groups excluding carboxylic acids is 2. The Morgan fingerprint density at radius 3 is 1.38 bits per heavy atom. The van der Waals surface area contributed by atoms with E-state index in [0.29, 0.717) is 38.0 Å². The zero-order valence-electron chi connectivity index (χ0n) is 16.0. The van der Waals surface area contributed by atoms with E-state index in [9.17, 15) is 9.59 Å². The van der Waals surface area contributed by atoms with Crippen molar-refractivity contribution in [2.75, 3.05) is 0 Å². The van der Waals surface area contributed by atoms with Gasteiger partial charge in [0.1, 0.15) is 0 Å². The van der Waals surface area contributed by atoms with Crippen LogP contribution in [0.1, 0.15) is 80.1 Å². The molecule has 0 radical (unpaired) electrons. The molecule has 0 aromatic rings. The normalized spacial score (nSPS) is 11.6. The quantitative estimate of drug-likeness (QED) is 0.276. The fourth-order valence-corrected chi connectivity index (χ4v) is 2.16. The first kappa shape index (κ1) is 22.9.